The maximum Gasteiger partial charge on any atom is 0.224 e. The van der Waals surface area contributed by atoms with Gasteiger partial charge in [0.25, 0.3) is 0 Å². The van der Waals surface area contributed by atoms with Crippen LogP contribution in [0.4, 0.5) is 11.8 Å². The van der Waals surface area contributed by atoms with Crippen LogP contribution in [0, 0.1) is 5.92 Å². The van der Waals surface area contributed by atoms with Crippen LogP contribution in [0.15, 0.2) is 36.5 Å². The van der Waals surface area contributed by atoms with E-state index < -0.39 is 0 Å². The van der Waals surface area contributed by atoms with E-state index in [9.17, 15) is 0 Å². The molecule has 0 spiro atoms. The number of benzene rings is 1. The molecule has 2 aromatic rings. The van der Waals surface area contributed by atoms with Gasteiger partial charge >= 0.3 is 0 Å². The Balaban J connectivity index is 1.81. The van der Waals surface area contributed by atoms with Crippen molar-refractivity contribution in [3.05, 3.63) is 42.1 Å². The van der Waals surface area contributed by atoms with Gasteiger partial charge in [0, 0.05) is 19.3 Å². The highest BCUT2D eigenvalue weighted by molar-refractivity contribution is 5.39. The van der Waals surface area contributed by atoms with Crippen LogP contribution in [0.3, 0.4) is 0 Å². The SMILES string of the molecule is COc1ccc(CCNc2ccnc(NCC(C)C)n2)cc1. The van der Waals surface area contributed by atoms with Crippen molar-refractivity contribution in [2.24, 2.45) is 5.92 Å². The molecular weight excluding hydrogens is 276 g/mol. The molecule has 1 aromatic carbocycles. The lowest BCUT2D eigenvalue weighted by Gasteiger charge is -2.10. The quantitative estimate of drug-likeness (QED) is 0.784. The first-order valence-electron chi connectivity index (χ1n) is 7.61. The van der Waals surface area contributed by atoms with Gasteiger partial charge in [0.1, 0.15) is 11.6 Å². The van der Waals surface area contributed by atoms with Crippen LogP contribution in [-0.2, 0) is 6.42 Å². The minimum atomic E-state index is 0.565. The second-order valence-electron chi connectivity index (χ2n) is 5.57. The third-order valence-corrected chi connectivity index (χ3v) is 3.20. The number of hydrogen-bond donors (Lipinski definition) is 2. The summed E-state index contributed by atoms with van der Waals surface area (Å²) in [7, 11) is 1.68. The highest BCUT2D eigenvalue weighted by Crippen LogP contribution is 2.12. The van der Waals surface area contributed by atoms with Crippen molar-refractivity contribution in [1.29, 1.82) is 0 Å². The summed E-state index contributed by atoms with van der Waals surface area (Å²) in [5.41, 5.74) is 1.26. The fourth-order valence-electron chi connectivity index (χ4n) is 1.96. The highest BCUT2D eigenvalue weighted by Gasteiger charge is 2.00. The lowest BCUT2D eigenvalue weighted by molar-refractivity contribution is 0.414. The Morgan fingerprint density at radius 2 is 1.86 bits per heavy atom. The lowest BCUT2D eigenvalue weighted by Crippen LogP contribution is -2.12. The minimum absolute atomic E-state index is 0.565. The van der Waals surface area contributed by atoms with Gasteiger partial charge in [-0.1, -0.05) is 26.0 Å². The molecule has 0 fully saturated rings. The van der Waals surface area contributed by atoms with E-state index >= 15 is 0 Å². The highest BCUT2D eigenvalue weighted by atomic mass is 16.5. The predicted octanol–water partition coefficient (Wildman–Crippen LogP) is 3.21. The lowest BCUT2D eigenvalue weighted by atomic mass is 10.1. The molecule has 0 radical (unpaired) electrons. The first-order valence-corrected chi connectivity index (χ1v) is 7.61. The normalized spacial score (nSPS) is 10.5. The van der Waals surface area contributed by atoms with Crippen LogP contribution in [0.2, 0.25) is 0 Å². The van der Waals surface area contributed by atoms with E-state index in [4.69, 9.17) is 4.74 Å². The molecule has 5 heteroatoms. The standard InChI is InChI=1S/C17H24N4O/c1-13(2)12-20-17-19-11-9-16(21-17)18-10-8-14-4-6-15(22-3)7-5-14/h4-7,9,11,13H,8,10,12H2,1-3H3,(H2,18,19,20,21). The molecule has 0 aliphatic rings. The molecule has 0 bridgehead atoms. The molecular formula is C17H24N4O. The van der Waals surface area contributed by atoms with Gasteiger partial charge < -0.3 is 15.4 Å². The van der Waals surface area contributed by atoms with E-state index in [2.05, 4.69) is 46.6 Å². The second-order valence-corrected chi connectivity index (χ2v) is 5.57. The van der Waals surface area contributed by atoms with Gasteiger partial charge in [0.2, 0.25) is 5.95 Å². The van der Waals surface area contributed by atoms with E-state index in [1.807, 2.05) is 18.2 Å². The van der Waals surface area contributed by atoms with Crippen molar-refractivity contribution < 1.29 is 4.74 Å². The maximum absolute atomic E-state index is 5.16. The van der Waals surface area contributed by atoms with Gasteiger partial charge in [-0.3, -0.25) is 0 Å². The molecule has 22 heavy (non-hydrogen) atoms. The average Bonchev–Trinajstić information content (AvgIpc) is 2.54. The van der Waals surface area contributed by atoms with Crippen LogP contribution in [0.1, 0.15) is 19.4 Å². The molecule has 0 unspecified atom stereocenters. The van der Waals surface area contributed by atoms with Crippen LogP contribution in [-0.4, -0.2) is 30.2 Å². The first kappa shape index (κ1) is 16.1. The Morgan fingerprint density at radius 1 is 1.09 bits per heavy atom. The summed E-state index contributed by atoms with van der Waals surface area (Å²) in [5.74, 6) is 2.96. The number of methoxy groups -OCH3 is 1. The first-order chi connectivity index (χ1) is 10.7. The van der Waals surface area contributed by atoms with E-state index in [1.165, 1.54) is 5.56 Å². The fraction of sp³-hybridized carbons (Fsp3) is 0.412. The average molecular weight is 300 g/mol. The van der Waals surface area contributed by atoms with Gasteiger partial charge in [0.15, 0.2) is 0 Å². The predicted molar refractivity (Wildman–Crippen MR) is 90.5 cm³/mol. The molecule has 118 valence electrons. The number of nitrogens with zero attached hydrogens (tertiary/aromatic N) is 2. The second kappa shape index (κ2) is 8.22. The molecule has 2 rings (SSSR count). The van der Waals surface area contributed by atoms with Crippen LogP contribution < -0.4 is 15.4 Å². The minimum Gasteiger partial charge on any atom is -0.497 e. The number of hydrogen-bond acceptors (Lipinski definition) is 5. The largest absolute Gasteiger partial charge is 0.497 e. The maximum atomic E-state index is 5.16. The molecule has 0 amide bonds. The number of rotatable bonds is 8. The van der Waals surface area contributed by atoms with Gasteiger partial charge in [-0.25, -0.2) is 4.98 Å². The molecule has 1 heterocycles. The van der Waals surface area contributed by atoms with Crippen LogP contribution in [0.25, 0.3) is 0 Å². The van der Waals surface area contributed by atoms with Crippen LogP contribution >= 0.6 is 0 Å². The van der Waals surface area contributed by atoms with Crippen molar-refractivity contribution >= 4 is 11.8 Å². The fourth-order valence-corrected chi connectivity index (χ4v) is 1.96. The van der Waals surface area contributed by atoms with Crippen molar-refractivity contribution in [2.45, 2.75) is 20.3 Å². The summed E-state index contributed by atoms with van der Waals surface area (Å²) in [5, 5.41) is 6.56. The van der Waals surface area contributed by atoms with Gasteiger partial charge in [0.05, 0.1) is 7.11 Å². The molecule has 5 nitrogen and oxygen atoms in total. The topological polar surface area (TPSA) is 59.1 Å². The van der Waals surface area contributed by atoms with E-state index in [0.29, 0.717) is 11.9 Å². The molecule has 1 aromatic heterocycles. The van der Waals surface area contributed by atoms with E-state index in [0.717, 1.165) is 31.1 Å². The summed E-state index contributed by atoms with van der Waals surface area (Å²) < 4.78 is 5.16. The van der Waals surface area contributed by atoms with Crippen molar-refractivity contribution in [1.82, 2.24) is 9.97 Å². The Labute approximate surface area is 132 Å². The van der Waals surface area contributed by atoms with Crippen molar-refractivity contribution in [3.63, 3.8) is 0 Å². The third kappa shape index (κ3) is 5.24. The molecule has 0 atom stereocenters. The summed E-state index contributed by atoms with van der Waals surface area (Å²) in [4.78, 5) is 8.67. The zero-order chi connectivity index (χ0) is 15.8. The monoisotopic (exact) mass is 300 g/mol. The summed E-state index contributed by atoms with van der Waals surface area (Å²) in [6.07, 6.45) is 2.70. The zero-order valence-electron chi connectivity index (χ0n) is 13.5. The van der Waals surface area contributed by atoms with Gasteiger partial charge in [-0.05, 0) is 36.1 Å². The number of ether oxygens (including phenoxy) is 1. The molecule has 0 aliphatic carbocycles. The Bertz CT molecular complexity index is 569. The Morgan fingerprint density at radius 3 is 2.55 bits per heavy atom. The molecule has 0 saturated carbocycles. The number of nitrogens with one attached hydrogen (secondary N) is 2. The number of anilines is 2. The zero-order valence-corrected chi connectivity index (χ0v) is 13.5. The summed E-state index contributed by atoms with van der Waals surface area (Å²) >= 11 is 0. The van der Waals surface area contributed by atoms with Crippen molar-refractivity contribution in [3.8, 4) is 5.75 Å². The van der Waals surface area contributed by atoms with Gasteiger partial charge in [-0.15, -0.1) is 0 Å². The molecule has 0 saturated heterocycles. The Kier molecular flexibility index (Phi) is 6.01. The summed E-state index contributed by atoms with van der Waals surface area (Å²) in [6.45, 7) is 6.01. The van der Waals surface area contributed by atoms with E-state index in [-0.39, 0.29) is 0 Å². The van der Waals surface area contributed by atoms with E-state index in [1.54, 1.807) is 13.3 Å². The van der Waals surface area contributed by atoms with Gasteiger partial charge in [-0.2, -0.15) is 4.98 Å². The smallest absolute Gasteiger partial charge is 0.224 e. The summed E-state index contributed by atoms with van der Waals surface area (Å²) in [6, 6.07) is 10.0. The van der Waals surface area contributed by atoms with Crippen LogP contribution in [0.5, 0.6) is 5.75 Å². The van der Waals surface area contributed by atoms with Crippen molar-refractivity contribution in [2.75, 3.05) is 30.8 Å². The molecule has 2 N–H and O–H groups in total. The number of aromatic nitrogens is 2. The third-order valence-electron chi connectivity index (χ3n) is 3.20. The Hall–Kier alpha value is -2.30. The molecule has 0 aliphatic heterocycles.